The first-order chi connectivity index (χ1) is 9.74. The molecule has 0 saturated carbocycles. The summed E-state index contributed by atoms with van der Waals surface area (Å²) in [5.74, 6) is 0. The van der Waals surface area contributed by atoms with E-state index < -0.39 is 0 Å². The molecule has 3 aromatic rings. The lowest BCUT2D eigenvalue weighted by Crippen LogP contribution is -1.95. The van der Waals surface area contributed by atoms with Crippen LogP contribution in [0.4, 0.5) is 0 Å². The molecule has 3 rings (SSSR count). The second-order valence-electron chi connectivity index (χ2n) is 4.68. The van der Waals surface area contributed by atoms with Crippen molar-refractivity contribution >= 4 is 30.5 Å². The van der Waals surface area contributed by atoms with Crippen molar-refractivity contribution in [2.45, 2.75) is 0 Å². The molecule has 20 heavy (non-hydrogen) atoms. The van der Waals surface area contributed by atoms with E-state index in [4.69, 9.17) is 0 Å². The van der Waals surface area contributed by atoms with Crippen molar-refractivity contribution < 1.29 is 0 Å². The SMILES string of the molecule is Pc1ccccc1-c1cccc(-c2cccc(Br)c2)c1. The topological polar surface area (TPSA) is 0 Å². The molecule has 0 heterocycles. The van der Waals surface area contributed by atoms with Gasteiger partial charge in [0.1, 0.15) is 0 Å². The minimum Gasteiger partial charge on any atom is -0.105 e. The maximum Gasteiger partial charge on any atom is 0.0181 e. The summed E-state index contributed by atoms with van der Waals surface area (Å²) in [6.07, 6.45) is 0. The molecule has 0 aliphatic rings. The number of hydrogen-bond acceptors (Lipinski definition) is 0. The van der Waals surface area contributed by atoms with Gasteiger partial charge in [-0.1, -0.05) is 70.5 Å². The monoisotopic (exact) mass is 340 g/mol. The molecule has 3 aromatic carbocycles. The Labute approximate surface area is 130 Å². The van der Waals surface area contributed by atoms with Gasteiger partial charge in [-0.25, -0.2) is 0 Å². The Morgan fingerprint density at radius 2 is 1.30 bits per heavy atom. The summed E-state index contributed by atoms with van der Waals surface area (Å²) < 4.78 is 1.10. The smallest absolute Gasteiger partial charge is 0.0181 e. The first-order valence-electron chi connectivity index (χ1n) is 6.45. The highest BCUT2D eigenvalue weighted by atomic mass is 79.9. The lowest BCUT2D eigenvalue weighted by molar-refractivity contribution is 1.58. The minimum atomic E-state index is 1.10. The fourth-order valence-electron chi connectivity index (χ4n) is 2.29. The predicted octanol–water partition coefficient (Wildman–Crippen LogP) is 5.28. The maximum atomic E-state index is 3.53. The molecule has 1 unspecified atom stereocenters. The van der Waals surface area contributed by atoms with Crippen molar-refractivity contribution in [3.05, 3.63) is 77.3 Å². The molecule has 2 heteroatoms. The number of rotatable bonds is 2. The van der Waals surface area contributed by atoms with Gasteiger partial charge in [-0.3, -0.25) is 0 Å². The van der Waals surface area contributed by atoms with Crippen LogP contribution >= 0.6 is 25.2 Å². The summed E-state index contributed by atoms with van der Waals surface area (Å²) in [5, 5.41) is 1.22. The van der Waals surface area contributed by atoms with Crippen molar-refractivity contribution in [1.82, 2.24) is 0 Å². The molecular formula is C18H14BrP. The molecule has 0 N–H and O–H groups in total. The van der Waals surface area contributed by atoms with Crippen LogP contribution in [0, 0.1) is 0 Å². The Balaban J connectivity index is 2.09. The van der Waals surface area contributed by atoms with Crippen molar-refractivity contribution in [3.8, 4) is 22.3 Å². The Hall–Kier alpha value is -1.43. The second kappa shape index (κ2) is 5.91. The van der Waals surface area contributed by atoms with E-state index in [0.717, 1.165) is 4.47 Å². The van der Waals surface area contributed by atoms with Crippen LogP contribution in [0.1, 0.15) is 0 Å². The first kappa shape index (κ1) is 13.5. The van der Waals surface area contributed by atoms with Crippen LogP contribution in [-0.2, 0) is 0 Å². The molecular weight excluding hydrogens is 327 g/mol. The van der Waals surface area contributed by atoms with Crippen LogP contribution in [0.15, 0.2) is 77.3 Å². The van der Waals surface area contributed by atoms with Gasteiger partial charge in [-0.05, 0) is 45.8 Å². The second-order valence-corrected chi connectivity index (χ2v) is 6.22. The summed E-state index contributed by atoms with van der Waals surface area (Å²) in [6, 6.07) is 25.5. The fraction of sp³-hybridized carbons (Fsp3) is 0. The van der Waals surface area contributed by atoms with Gasteiger partial charge in [0.05, 0.1) is 0 Å². The lowest BCUT2D eigenvalue weighted by atomic mass is 9.99. The van der Waals surface area contributed by atoms with E-state index in [1.165, 1.54) is 27.6 Å². The van der Waals surface area contributed by atoms with Gasteiger partial charge < -0.3 is 0 Å². The lowest BCUT2D eigenvalue weighted by Gasteiger charge is -2.08. The van der Waals surface area contributed by atoms with Crippen LogP contribution in [0.5, 0.6) is 0 Å². The van der Waals surface area contributed by atoms with Crippen LogP contribution in [0.3, 0.4) is 0 Å². The third-order valence-corrected chi connectivity index (χ3v) is 4.29. The van der Waals surface area contributed by atoms with Crippen LogP contribution in [0.2, 0.25) is 0 Å². The summed E-state index contributed by atoms with van der Waals surface area (Å²) in [7, 11) is 2.80. The quantitative estimate of drug-likeness (QED) is 0.556. The largest absolute Gasteiger partial charge is 0.105 e. The third kappa shape index (κ3) is 2.85. The molecule has 0 aliphatic heterocycles. The number of hydrogen-bond donors (Lipinski definition) is 0. The molecule has 98 valence electrons. The Morgan fingerprint density at radius 1 is 0.650 bits per heavy atom. The standard InChI is InChI=1S/C18H14BrP/c19-16-8-4-6-14(12-16)13-5-3-7-15(11-13)17-9-1-2-10-18(17)20/h1-12H,20H2. The molecule has 0 aliphatic carbocycles. The van der Waals surface area contributed by atoms with E-state index in [2.05, 4.69) is 91.9 Å². The third-order valence-electron chi connectivity index (χ3n) is 3.29. The summed E-state index contributed by atoms with van der Waals surface area (Å²) in [6.45, 7) is 0. The Kier molecular flexibility index (Phi) is 4.00. The van der Waals surface area contributed by atoms with E-state index in [1.54, 1.807) is 0 Å². The average Bonchev–Trinajstić information content (AvgIpc) is 2.48. The average molecular weight is 341 g/mol. The summed E-state index contributed by atoms with van der Waals surface area (Å²) in [5.41, 5.74) is 4.96. The zero-order valence-corrected chi connectivity index (χ0v) is 13.6. The normalized spacial score (nSPS) is 10.5. The maximum absolute atomic E-state index is 3.53. The van der Waals surface area contributed by atoms with E-state index in [9.17, 15) is 0 Å². The molecule has 0 bridgehead atoms. The molecule has 0 nitrogen and oxygen atoms in total. The van der Waals surface area contributed by atoms with E-state index in [-0.39, 0.29) is 0 Å². The highest BCUT2D eigenvalue weighted by Gasteiger charge is 2.04. The van der Waals surface area contributed by atoms with Gasteiger partial charge in [0.25, 0.3) is 0 Å². The molecule has 1 atom stereocenters. The van der Waals surface area contributed by atoms with Crippen LogP contribution in [-0.4, -0.2) is 0 Å². The molecule has 0 fully saturated rings. The van der Waals surface area contributed by atoms with E-state index in [0.29, 0.717) is 0 Å². The highest BCUT2D eigenvalue weighted by Crippen LogP contribution is 2.27. The van der Waals surface area contributed by atoms with Gasteiger partial charge in [0, 0.05) is 4.47 Å². The summed E-state index contributed by atoms with van der Waals surface area (Å²) >= 11 is 3.53. The molecule has 0 aromatic heterocycles. The van der Waals surface area contributed by atoms with Crippen molar-refractivity contribution in [2.24, 2.45) is 0 Å². The Bertz CT molecular complexity index is 750. The van der Waals surface area contributed by atoms with Gasteiger partial charge in [-0.15, -0.1) is 9.24 Å². The predicted molar refractivity (Wildman–Crippen MR) is 94.4 cm³/mol. The van der Waals surface area contributed by atoms with Gasteiger partial charge >= 0.3 is 0 Å². The number of benzene rings is 3. The zero-order chi connectivity index (χ0) is 13.9. The first-order valence-corrected chi connectivity index (χ1v) is 7.82. The van der Waals surface area contributed by atoms with Gasteiger partial charge in [-0.2, -0.15) is 0 Å². The molecule has 0 amide bonds. The van der Waals surface area contributed by atoms with Gasteiger partial charge in [0.2, 0.25) is 0 Å². The van der Waals surface area contributed by atoms with E-state index in [1.807, 2.05) is 6.07 Å². The minimum absolute atomic E-state index is 1.10. The summed E-state index contributed by atoms with van der Waals surface area (Å²) in [4.78, 5) is 0. The number of halogens is 1. The van der Waals surface area contributed by atoms with Crippen LogP contribution in [0.25, 0.3) is 22.3 Å². The van der Waals surface area contributed by atoms with Crippen LogP contribution < -0.4 is 5.30 Å². The van der Waals surface area contributed by atoms with Gasteiger partial charge in [0.15, 0.2) is 0 Å². The van der Waals surface area contributed by atoms with E-state index >= 15 is 0 Å². The van der Waals surface area contributed by atoms with Crippen molar-refractivity contribution in [3.63, 3.8) is 0 Å². The zero-order valence-electron chi connectivity index (χ0n) is 10.9. The molecule has 0 radical (unpaired) electrons. The molecule has 0 spiro atoms. The fourth-order valence-corrected chi connectivity index (χ4v) is 3.07. The van der Waals surface area contributed by atoms with Crippen molar-refractivity contribution in [1.29, 1.82) is 0 Å². The Morgan fingerprint density at radius 3 is 2.05 bits per heavy atom. The molecule has 0 saturated heterocycles. The highest BCUT2D eigenvalue weighted by molar-refractivity contribution is 9.10. The van der Waals surface area contributed by atoms with Crippen molar-refractivity contribution in [2.75, 3.05) is 0 Å².